The number of aromatic nitrogens is 2. The molecule has 1 aromatic heterocycles. The van der Waals surface area contributed by atoms with E-state index in [-0.39, 0.29) is 29.9 Å². The molecule has 3 N–H and O–H groups in total. The molecule has 0 saturated carbocycles. The first-order valence-corrected chi connectivity index (χ1v) is 9.30. The van der Waals surface area contributed by atoms with Crippen LogP contribution in [0, 0.1) is 13.8 Å². The Morgan fingerprint density at radius 3 is 2.39 bits per heavy atom. The van der Waals surface area contributed by atoms with Gasteiger partial charge >= 0.3 is 0 Å². The van der Waals surface area contributed by atoms with E-state index < -0.39 is 0 Å². The number of aryl methyl sites for hydroxylation is 3. The SMILES string of the molecule is CN=C(NCCCn1nc(C)cc1C)NCCc1ccc(NC(C)=O)cc1.I. The number of benzene rings is 1. The first-order valence-electron chi connectivity index (χ1n) is 9.30. The Labute approximate surface area is 184 Å². The molecule has 0 aliphatic heterocycles. The zero-order valence-corrected chi connectivity index (χ0v) is 19.4. The number of hydrogen-bond acceptors (Lipinski definition) is 3. The van der Waals surface area contributed by atoms with Crippen LogP contribution in [0.1, 0.15) is 30.3 Å². The molecule has 2 rings (SSSR count). The Balaban J connectivity index is 0.00000392. The molecule has 28 heavy (non-hydrogen) atoms. The van der Waals surface area contributed by atoms with Crippen molar-refractivity contribution in [2.45, 2.75) is 40.2 Å². The Hall–Kier alpha value is -2.10. The molecule has 0 bridgehead atoms. The minimum Gasteiger partial charge on any atom is -0.356 e. The van der Waals surface area contributed by atoms with Gasteiger partial charge in [0.05, 0.1) is 5.69 Å². The summed E-state index contributed by atoms with van der Waals surface area (Å²) in [6.07, 6.45) is 1.86. The third-order valence-electron chi connectivity index (χ3n) is 4.15. The molecule has 0 saturated heterocycles. The zero-order valence-electron chi connectivity index (χ0n) is 17.1. The molecule has 0 aliphatic rings. The average Bonchev–Trinajstić information content (AvgIpc) is 2.95. The lowest BCUT2D eigenvalue weighted by Crippen LogP contribution is -2.39. The largest absolute Gasteiger partial charge is 0.356 e. The van der Waals surface area contributed by atoms with E-state index >= 15 is 0 Å². The number of hydrogen-bond donors (Lipinski definition) is 3. The van der Waals surface area contributed by atoms with E-state index in [1.165, 1.54) is 18.2 Å². The maximum Gasteiger partial charge on any atom is 0.221 e. The number of carbonyl (C=O) groups excluding carboxylic acids is 1. The van der Waals surface area contributed by atoms with Crippen LogP contribution in [0.15, 0.2) is 35.3 Å². The zero-order chi connectivity index (χ0) is 19.6. The van der Waals surface area contributed by atoms with E-state index in [4.69, 9.17) is 0 Å². The number of halogens is 1. The Bertz CT molecular complexity index is 770. The van der Waals surface area contributed by atoms with Crippen molar-refractivity contribution in [3.8, 4) is 0 Å². The van der Waals surface area contributed by atoms with Crippen LogP contribution in [0.4, 0.5) is 5.69 Å². The van der Waals surface area contributed by atoms with Crippen LogP contribution in [-0.4, -0.2) is 41.8 Å². The van der Waals surface area contributed by atoms with Crippen LogP contribution in [0.25, 0.3) is 0 Å². The molecular weight excluding hydrogens is 467 g/mol. The third-order valence-corrected chi connectivity index (χ3v) is 4.15. The minimum absolute atomic E-state index is 0. The third kappa shape index (κ3) is 8.28. The van der Waals surface area contributed by atoms with Crippen LogP contribution in [-0.2, 0) is 17.8 Å². The first kappa shape index (κ1) is 23.9. The molecule has 0 spiro atoms. The van der Waals surface area contributed by atoms with Crippen LogP contribution in [0.2, 0.25) is 0 Å². The van der Waals surface area contributed by atoms with E-state index in [1.54, 1.807) is 7.05 Å². The van der Waals surface area contributed by atoms with Gasteiger partial charge in [0.1, 0.15) is 0 Å². The molecule has 0 aliphatic carbocycles. The Kier molecular flexibility index (Phi) is 10.6. The van der Waals surface area contributed by atoms with Gasteiger partial charge in [0.15, 0.2) is 5.96 Å². The second-order valence-corrected chi connectivity index (χ2v) is 6.56. The predicted octanol–water partition coefficient (Wildman–Crippen LogP) is 2.87. The molecule has 0 unspecified atom stereocenters. The summed E-state index contributed by atoms with van der Waals surface area (Å²) >= 11 is 0. The van der Waals surface area contributed by atoms with Gasteiger partial charge in [0.25, 0.3) is 0 Å². The fourth-order valence-corrected chi connectivity index (χ4v) is 2.84. The number of amides is 1. The maximum absolute atomic E-state index is 11.0. The number of aliphatic imine (C=N–C) groups is 1. The van der Waals surface area contributed by atoms with Crippen LogP contribution in [0.3, 0.4) is 0 Å². The summed E-state index contributed by atoms with van der Waals surface area (Å²) < 4.78 is 2.04. The van der Waals surface area contributed by atoms with Gasteiger partial charge in [-0.15, -0.1) is 24.0 Å². The summed E-state index contributed by atoms with van der Waals surface area (Å²) in [5, 5.41) is 13.9. The molecule has 1 heterocycles. The molecule has 0 atom stereocenters. The lowest BCUT2D eigenvalue weighted by atomic mass is 10.1. The van der Waals surface area contributed by atoms with Gasteiger partial charge in [-0.2, -0.15) is 5.10 Å². The summed E-state index contributed by atoms with van der Waals surface area (Å²) in [4.78, 5) is 15.3. The van der Waals surface area contributed by atoms with Crippen molar-refractivity contribution in [1.82, 2.24) is 20.4 Å². The van der Waals surface area contributed by atoms with E-state index in [9.17, 15) is 4.79 Å². The van der Waals surface area contributed by atoms with Crippen LogP contribution in [0.5, 0.6) is 0 Å². The lowest BCUT2D eigenvalue weighted by Gasteiger charge is -2.12. The van der Waals surface area contributed by atoms with Crippen molar-refractivity contribution >= 4 is 41.5 Å². The fourth-order valence-electron chi connectivity index (χ4n) is 2.84. The summed E-state index contributed by atoms with van der Waals surface area (Å²) in [6.45, 7) is 8.12. The Morgan fingerprint density at radius 2 is 1.82 bits per heavy atom. The summed E-state index contributed by atoms with van der Waals surface area (Å²) in [5.41, 5.74) is 4.28. The highest BCUT2D eigenvalue weighted by molar-refractivity contribution is 14.0. The minimum atomic E-state index is -0.0582. The predicted molar refractivity (Wildman–Crippen MR) is 126 cm³/mol. The second kappa shape index (κ2) is 12.4. The average molecular weight is 498 g/mol. The van der Waals surface area contributed by atoms with Crippen LogP contribution < -0.4 is 16.0 Å². The van der Waals surface area contributed by atoms with E-state index in [0.717, 1.165) is 49.8 Å². The molecule has 0 radical (unpaired) electrons. The number of nitrogens with zero attached hydrogens (tertiary/aromatic N) is 3. The Morgan fingerprint density at radius 1 is 1.14 bits per heavy atom. The lowest BCUT2D eigenvalue weighted by molar-refractivity contribution is -0.114. The van der Waals surface area contributed by atoms with Gasteiger partial charge in [-0.05, 0) is 50.5 Å². The fraction of sp³-hybridized carbons (Fsp3) is 0.450. The number of anilines is 1. The molecule has 0 fully saturated rings. The van der Waals surface area contributed by atoms with Gasteiger partial charge in [0, 0.05) is 45.0 Å². The number of carbonyl (C=O) groups is 1. The van der Waals surface area contributed by atoms with Crippen molar-refractivity contribution in [3.05, 3.63) is 47.3 Å². The van der Waals surface area contributed by atoms with Crippen molar-refractivity contribution < 1.29 is 4.79 Å². The van der Waals surface area contributed by atoms with Gasteiger partial charge in [0.2, 0.25) is 5.91 Å². The molecule has 1 aromatic carbocycles. The molecule has 2 aromatic rings. The first-order chi connectivity index (χ1) is 13.0. The molecule has 154 valence electrons. The normalized spacial score (nSPS) is 10.9. The maximum atomic E-state index is 11.0. The quantitative estimate of drug-likeness (QED) is 0.226. The number of guanidine groups is 1. The van der Waals surface area contributed by atoms with Crippen molar-refractivity contribution in [2.24, 2.45) is 4.99 Å². The van der Waals surface area contributed by atoms with Gasteiger partial charge in [-0.25, -0.2) is 0 Å². The van der Waals surface area contributed by atoms with Gasteiger partial charge < -0.3 is 16.0 Å². The molecule has 7 nitrogen and oxygen atoms in total. The summed E-state index contributed by atoms with van der Waals surface area (Å²) in [7, 11) is 1.78. The van der Waals surface area contributed by atoms with Gasteiger partial charge in [-0.1, -0.05) is 12.1 Å². The highest BCUT2D eigenvalue weighted by Crippen LogP contribution is 2.09. The van der Waals surface area contributed by atoms with E-state index in [0.29, 0.717) is 0 Å². The monoisotopic (exact) mass is 498 g/mol. The molecule has 1 amide bonds. The highest BCUT2D eigenvalue weighted by Gasteiger charge is 2.02. The highest BCUT2D eigenvalue weighted by atomic mass is 127. The van der Waals surface area contributed by atoms with Gasteiger partial charge in [-0.3, -0.25) is 14.5 Å². The molecular formula is C20H31IN6O. The summed E-state index contributed by atoms with van der Waals surface area (Å²) in [6, 6.07) is 9.98. The number of rotatable bonds is 8. The van der Waals surface area contributed by atoms with Crippen molar-refractivity contribution in [2.75, 3.05) is 25.5 Å². The van der Waals surface area contributed by atoms with Crippen molar-refractivity contribution in [1.29, 1.82) is 0 Å². The summed E-state index contributed by atoms with van der Waals surface area (Å²) in [5.74, 6) is 0.746. The van der Waals surface area contributed by atoms with E-state index in [1.807, 2.05) is 35.9 Å². The number of nitrogens with one attached hydrogen (secondary N) is 3. The van der Waals surface area contributed by atoms with Crippen LogP contribution >= 0.6 is 24.0 Å². The van der Waals surface area contributed by atoms with Crippen molar-refractivity contribution in [3.63, 3.8) is 0 Å². The molecule has 8 heteroatoms. The standard InChI is InChI=1S/C20H30N6O.HI/c1-15-14-16(2)26(25-15)13-5-11-22-20(21-4)23-12-10-18-6-8-19(9-7-18)24-17(3)27;/h6-9,14H,5,10-13H2,1-4H3,(H,24,27)(H2,21,22,23);1H. The topological polar surface area (TPSA) is 83.3 Å². The smallest absolute Gasteiger partial charge is 0.221 e. The van der Waals surface area contributed by atoms with E-state index in [2.05, 4.69) is 39.0 Å². The second-order valence-electron chi connectivity index (χ2n) is 6.56.